The van der Waals surface area contributed by atoms with Crippen LogP contribution in [0.25, 0.3) is 11.3 Å². The molecule has 6 heteroatoms. The molecular weight excluding hydrogens is 382 g/mol. The average Bonchev–Trinajstić information content (AvgIpc) is 3.13. The minimum absolute atomic E-state index is 0.293. The maximum Gasteiger partial charge on any atom is 0.246 e. The summed E-state index contributed by atoms with van der Waals surface area (Å²) in [5, 5.41) is 4.69. The average molecular weight is 410 g/mol. The Morgan fingerprint density at radius 3 is 2.14 bits per heavy atom. The molecule has 5 nitrogen and oxygen atoms in total. The summed E-state index contributed by atoms with van der Waals surface area (Å²) < 4.78 is 30.6. The van der Waals surface area contributed by atoms with Gasteiger partial charge in [-0.25, -0.2) is 8.42 Å². The van der Waals surface area contributed by atoms with E-state index < -0.39 is 10.0 Å². The summed E-state index contributed by atoms with van der Waals surface area (Å²) >= 11 is 0. The van der Waals surface area contributed by atoms with Crippen molar-refractivity contribution >= 4 is 10.0 Å². The Morgan fingerprint density at radius 2 is 1.52 bits per heavy atom. The van der Waals surface area contributed by atoms with Crippen molar-refractivity contribution in [3.05, 3.63) is 72.4 Å². The zero-order valence-corrected chi connectivity index (χ0v) is 17.7. The Hall–Kier alpha value is -2.44. The van der Waals surface area contributed by atoms with Crippen LogP contribution in [0.2, 0.25) is 0 Å². The highest BCUT2D eigenvalue weighted by Gasteiger charge is 2.34. The number of hydrogen-bond donors (Lipinski definition) is 0. The lowest BCUT2D eigenvalue weighted by molar-refractivity contribution is 0.222. The second-order valence-corrected chi connectivity index (χ2v) is 10.1. The summed E-state index contributed by atoms with van der Waals surface area (Å²) in [6.07, 6.45) is 2.75. The smallest absolute Gasteiger partial charge is 0.246 e. The summed E-state index contributed by atoms with van der Waals surface area (Å²) in [6.45, 7) is 5.89. The van der Waals surface area contributed by atoms with E-state index in [1.165, 1.54) is 0 Å². The quantitative estimate of drug-likeness (QED) is 0.632. The van der Waals surface area contributed by atoms with Crippen molar-refractivity contribution in [2.45, 2.75) is 31.7 Å². The highest BCUT2D eigenvalue weighted by atomic mass is 32.2. The normalized spacial score (nSPS) is 20.6. The Kier molecular flexibility index (Phi) is 5.56. The van der Waals surface area contributed by atoms with Crippen molar-refractivity contribution in [2.24, 2.45) is 11.8 Å². The number of aromatic nitrogens is 2. The molecule has 4 rings (SSSR count). The molecule has 0 radical (unpaired) electrons. The zero-order chi connectivity index (χ0) is 20.4. The molecule has 0 spiro atoms. The van der Waals surface area contributed by atoms with E-state index in [1.54, 1.807) is 15.2 Å². The first-order valence-electron chi connectivity index (χ1n) is 10.1. The van der Waals surface area contributed by atoms with Gasteiger partial charge in [-0.1, -0.05) is 74.5 Å². The SMILES string of the molecule is CC1CC(C)CN(S(=O)(=O)c2cn(Cc3ccccc3)nc2-c2ccccc2)C1. The van der Waals surface area contributed by atoms with Gasteiger partial charge >= 0.3 is 0 Å². The predicted octanol–water partition coefficient (Wildman–Crippen LogP) is 4.27. The third kappa shape index (κ3) is 4.28. The fourth-order valence-electron chi connectivity index (χ4n) is 4.18. The first-order valence-corrected chi connectivity index (χ1v) is 11.5. The fraction of sp³-hybridized carbons (Fsp3) is 0.348. The van der Waals surface area contributed by atoms with Crippen LogP contribution in [-0.4, -0.2) is 35.6 Å². The lowest BCUT2D eigenvalue weighted by atomic mass is 9.94. The molecule has 0 amide bonds. The molecule has 3 aromatic rings. The third-order valence-corrected chi connectivity index (χ3v) is 7.25. The molecule has 1 aromatic heterocycles. The Labute approximate surface area is 173 Å². The zero-order valence-electron chi connectivity index (χ0n) is 16.9. The van der Waals surface area contributed by atoms with Crippen LogP contribution in [0.15, 0.2) is 71.8 Å². The van der Waals surface area contributed by atoms with Crippen LogP contribution in [0.3, 0.4) is 0 Å². The van der Waals surface area contributed by atoms with E-state index >= 15 is 0 Å². The monoisotopic (exact) mass is 409 g/mol. The van der Waals surface area contributed by atoms with Gasteiger partial charge in [0.15, 0.2) is 0 Å². The van der Waals surface area contributed by atoms with E-state index in [0.29, 0.717) is 42.1 Å². The maximum atomic E-state index is 13.6. The molecule has 0 N–H and O–H groups in total. The van der Waals surface area contributed by atoms with Gasteiger partial charge in [-0.2, -0.15) is 9.40 Å². The van der Waals surface area contributed by atoms with Gasteiger partial charge in [0.25, 0.3) is 0 Å². The Balaban J connectivity index is 1.76. The van der Waals surface area contributed by atoms with Crippen molar-refractivity contribution < 1.29 is 8.42 Å². The van der Waals surface area contributed by atoms with Gasteiger partial charge in [0.2, 0.25) is 10.0 Å². The minimum atomic E-state index is -3.63. The molecule has 1 saturated heterocycles. The van der Waals surface area contributed by atoms with Gasteiger partial charge in [-0.05, 0) is 23.8 Å². The van der Waals surface area contributed by atoms with Crippen LogP contribution in [-0.2, 0) is 16.6 Å². The van der Waals surface area contributed by atoms with Crippen LogP contribution in [0.4, 0.5) is 0 Å². The summed E-state index contributed by atoms with van der Waals surface area (Å²) in [5.41, 5.74) is 2.42. The standard InChI is InChI=1S/C23H27N3O2S/c1-18-13-19(2)15-26(14-18)29(27,28)22-17-25(16-20-9-5-3-6-10-20)24-23(22)21-11-7-4-8-12-21/h3-12,17-19H,13-16H2,1-2H3. The molecule has 29 heavy (non-hydrogen) atoms. The molecule has 0 bridgehead atoms. The van der Waals surface area contributed by atoms with Crippen molar-refractivity contribution in [2.75, 3.05) is 13.1 Å². The largest absolute Gasteiger partial charge is 0.266 e. The van der Waals surface area contributed by atoms with E-state index in [9.17, 15) is 8.42 Å². The molecule has 2 aromatic carbocycles. The van der Waals surface area contributed by atoms with Gasteiger partial charge in [0.1, 0.15) is 10.6 Å². The topological polar surface area (TPSA) is 55.2 Å². The van der Waals surface area contributed by atoms with Crippen LogP contribution in [0, 0.1) is 11.8 Å². The molecule has 0 saturated carbocycles. The fourth-order valence-corrected chi connectivity index (χ4v) is 6.02. The number of rotatable bonds is 5. The van der Waals surface area contributed by atoms with E-state index in [1.807, 2.05) is 60.7 Å². The van der Waals surface area contributed by atoms with Crippen LogP contribution in [0.5, 0.6) is 0 Å². The Morgan fingerprint density at radius 1 is 0.931 bits per heavy atom. The molecule has 1 aliphatic heterocycles. The number of sulfonamides is 1. The van der Waals surface area contributed by atoms with Gasteiger partial charge in [-0.3, -0.25) is 4.68 Å². The van der Waals surface area contributed by atoms with Crippen LogP contribution < -0.4 is 0 Å². The van der Waals surface area contributed by atoms with Gasteiger partial charge in [0, 0.05) is 24.8 Å². The minimum Gasteiger partial charge on any atom is -0.266 e. The lowest BCUT2D eigenvalue weighted by Crippen LogP contribution is -2.42. The number of benzene rings is 2. The van der Waals surface area contributed by atoms with Crippen LogP contribution in [0.1, 0.15) is 25.8 Å². The molecule has 0 aliphatic carbocycles. The van der Waals surface area contributed by atoms with Crippen LogP contribution >= 0.6 is 0 Å². The van der Waals surface area contributed by atoms with Crippen molar-refractivity contribution in [1.82, 2.24) is 14.1 Å². The van der Waals surface area contributed by atoms with Gasteiger partial charge in [0.05, 0.1) is 6.54 Å². The highest BCUT2D eigenvalue weighted by molar-refractivity contribution is 7.89. The number of hydrogen-bond acceptors (Lipinski definition) is 3. The van der Waals surface area contributed by atoms with Crippen molar-refractivity contribution in [1.29, 1.82) is 0 Å². The molecule has 2 heterocycles. The summed E-state index contributed by atoms with van der Waals surface area (Å²) in [4.78, 5) is 0.293. The summed E-state index contributed by atoms with van der Waals surface area (Å²) in [5.74, 6) is 0.709. The maximum absolute atomic E-state index is 13.6. The number of piperidine rings is 1. The molecule has 2 unspecified atom stereocenters. The van der Waals surface area contributed by atoms with E-state index in [2.05, 4.69) is 18.9 Å². The van der Waals surface area contributed by atoms with E-state index in [4.69, 9.17) is 0 Å². The third-order valence-electron chi connectivity index (χ3n) is 5.42. The van der Waals surface area contributed by atoms with Crippen molar-refractivity contribution in [3.63, 3.8) is 0 Å². The lowest BCUT2D eigenvalue weighted by Gasteiger charge is -2.33. The molecular formula is C23H27N3O2S. The first-order chi connectivity index (χ1) is 13.9. The number of nitrogens with zero attached hydrogens (tertiary/aromatic N) is 3. The first kappa shape index (κ1) is 19.9. The van der Waals surface area contributed by atoms with E-state index in [0.717, 1.165) is 17.5 Å². The molecule has 2 atom stereocenters. The summed E-state index contributed by atoms with van der Waals surface area (Å²) in [7, 11) is -3.63. The second kappa shape index (κ2) is 8.13. The van der Waals surface area contributed by atoms with Gasteiger partial charge in [-0.15, -0.1) is 0 Å². The predicted molar refractivity (Wildman–Crippen MR) is 115 cm³/mol. The molecule has 152 valence electrons. The highest BCUT2D eigenvalue weighted by Crippen LogP contribution is 2.32. The second-order valence-electron chi connectivity index (χ2n) is 8.16. The Bertz CT molecular complexity index is 1050. The molecule has 1 fully saturated rings. The van der Waals surface area contributed by atoms with Gasteiger partial charge < -0.3 is 0 Å². The summed E-state index contributed by atoms with van der Waals surface area (Å²) in [6, 6.07) is 19.5. The van der Waals surface area contributed by atoms with E-state index in [-0.39, 0.29) is 0 Å². The molecule has 1 aliphatic rings. The van der Waals surface area contributed by atoms with Crippen molar-refractivity contribution in [3.8, 4) is 11.3 Å².